The van der Waals surface area contributed by atoms with E-state index in [-0.39, 0.29) is 185 Å². The number of aromatic amines is 1. The Kier molecular flexibility index (Phi) is 40.4. The van der Waals surface area contributed by atoms with E-state index < -0.39 is 17.5 Å². The molecule has 741 valence electrons. The number of ether oxygens (including phenoxy) is 8. The van der Waals surface area contributed by atoms with Gasteiger partial charge in [0.1, 0.15) is 67.3 Å². The number of aliphatic imine (C=N–C) groups is 1. The van der Waals surface area contributed by atoms with Crippen molar-refractivity contribution >= 4 is 197 Å². The number of aromatic nitrogens is 2. The number of nitrogens with one attached hydrogen (secondary N) is 1. The Hall–Kier alpha value is -9.63. The number of fused-ring (bicyclic) bond motifs is 22. The van der Waals surface area contributed by atoms with Gasteiger partial charge in [0.05, 0.1) is 37.9 Å². The number of H-pyrrole nitrogens is 1. The molecular weight excluding hydrogens is 2320 g/mol. The maximum absolute atomic E-state index is 12.9. The summed E-state index contributed by atoms with van der Waals surface area (Å²) in [6.07, 6.45) is 8.88. The molecule has 22 nitrogen and oxygen atoms in total. The fourth-order valence-electron chi connectivity index (χ4n) is 18.7. The number of nitrogens with zero attached hydrogens (tertiary/aromatic N) is 2. The molecule has 34 heteroatoms. The van der Waals surface area contributed by atoms with Crippen molar-refractivity contribution in [3.8, 4) is 95.6 Å². The maximum Gasteiger partial charge on any atom is 2.00 e. The Bertz CT molecular complexity index is 7330. The average molecular weight is 2420 g/mol. The first-order valence-corrected chi connectivity index (χ1v) is 55.4. The zero-order chi connectivity index (χ0) is 97.8. The second-order valence-corrected chi connectivity index (χ2v) is 42.7. The molecule has 0 amide bonds. The van der Waals surface area contributed by atoms with Crippen LogP contribution in [-0.4, -0.2) is 132 Å². The average Bonchev–Trinajstić information content (AvgIpc) is 1.20. The topological polar surface area (TPSA) is 303 Å². The molecule has 0 fully saturated rings. The van der Waals surface area contributed by atoms with Crippen LogP contribution in [0.4, 0.5) is 20.1 Å². The number of imidazole rings is 1. The standard InChI is InChI=1S/C25H20N3OP2.C24H21O7P2.C22H17BrO5P.C19H14Br2O3.C19H15BrO3.3CH3.3V/c1-3-31-25-26-12-22(28-25)15-4-6-17-16(8-15)13-29-23-10-18-14(9-20(17)23)5-7-21-19(18)11-24(27-21)30-2;1-3-33-23(27)30-12-19(25)14-4-6-16-15(8-14)11-29-21-10-17-13(9-18(16)21)5-7-20(22(17)26)31-24(28)32-2;1-2-29-22(26)28-11-19(24)13-3-5-15-14(7-13)10-27-20-9-16-12(8-17(15)20)4-6-18(23)21(16)25;20-8-17(22)11-1-3-13-12(5-11)9-24-18-7-14-10(6-15(13)18)2-4-16(21)19(14)23;20-9-18(22)12-4-5-14-13(6-12)10-23-19-8-15-11(7-16(14)19)2-1-3-17(15)21;;;;;;/h1,3-10,12,30-31H,11,13H2,2H3,(H,26,28);1,3-4,6,8-10,20,32-33H,5,7,11-12H2,2H3;1-3,5,7-9,18,29H,4,6,10-11H2;1,3,5-7,16H,2,4,8-9H2;4-8H,1-3,9-10H2;3*1H3;;;/q3*-1;;;3*-1;3*+2. The van der Waals surface area contributed by atoms with E-state index in [1.165, 1.54) is 44.5 Å². The molecule has 8 unspecified atom stereocenters. The van der Waals surface area contributed by atoms with Crippen LogP contribution in [0.5, 0.6) is 28.7 Å². The van der Waals surface area contributed by atoms with Crippen LogP contribution in [-0.2, 0) is 135 Å². The van der Waals surface area contributed by atoms with E-state index in [2.05, 4.69) is 135 Å². The largest absolute Gasteiger partial charge is 2.00 e. The summed E-state index contributed by atoms with van der Waals surface area (Å²) in [7, 11) is 0.538. The molecule has 0 bridgehead atoms. The summed E-state index contributed by atoms with van der Waals surface area (Å²) in [6.45, 7) is 21.1. The summed E-state index contributed by atoms with van der Waals surface area (Å²) in [6, 6.07) is 52.9. The fourth-order valence-corrected chi connectivity index (χ4v) is 22.2. The number of Topliss-reactive ketones (excluding diaryl/α,β-unsaturated/α-hetero) is 8. The third-order valence-corrected chi connectivity index (χ3v) is 31.7. The number of hydrogen-bond acceptors (Lipinski definition) is 21. The van der Waals surface area contributed by atoms with Crippen molar-refractivity contribution in [3.05, 3.63) is 330 Å². The van der Waals surface area contributed by atoms with Crippen molar-refractivity contribution in [3.63, 3.8) is 0 Å². The van der Waals surface area contributed by atoms with Crippen molar-refractivity contribution in [1.82, 2.24) is 9.97 Å². The van der Waals surface area contributed by atoms with E-state index >= 15 is 0 Å². The van der Waals surface area contributed by atoms with E-state index in [0.29, 0.717) is 110 Å². The van der Waals surface area contributed by atoms with Crippen molar-refractivity contribution < 1.29 is 146 Å². The second-order valence-electron chi connectivity index (χ2n) is 34.2. The molecular formula is C112H96Br4N3O19P5V3. The van der Waals surface area contributed by atoms with Crippen LogP contribution in [0, 0.1) is 42.0 Å². The number of halogens is 4. The molecule has 6 aliphatic heterocycles. The van der Waals surface area contributed by atoms with Gasteiger partial charge in [-0.25, -0.2) is 36.8 Å². The molecule has 8 atom stereocenters. The monoisotopic (exact) mass is 2410 g/mol. The molecule has 7 heterocycles. The second kappa shape index (κ2) is 51.3. The number of carbonyl (C=O) groups is 11. The van der Waals surface area contributed by atoms with E-state index in [1.54, 1.807) is 42.8 Å². The molecule has 10 aliphatic rings. The van der Waals surface area contributed by atoms with E-state index in [0.717, 1.165) is 199 Å². The molecule has 1 aromatic heterocycles. The van der Waals surface area contributed by atoms with Gasteiger partial charge in [-0.3, -0.25) is 43.3 Å². The van der Waals surface area contributed by atoms with Gasteiger partial charge in [-0.1, -0.05) is 148 Å². The van der Waals surface area contributed by atoms with Gasteiger partial charge in [0.15, 0.2) is 59.8 Å². The molecule has 0 saturated heterocycles. The molecule has 4 aliphatic carbocycles. The Balaban J connectivity index is 0.000000162. The first-order valence-electron chi connectivity index (χ1n) is 45.1. The number of alkyl halides is 4. The van der Waals surface area contributed by atoms with Gasteiger partial charge < -0.3 is 84.9 Å². The van der Waals surface area contributed by atoms with Crippen LogP contribution in [0.25, 0.3) is 77.7 Å². The van der Waals surface area contributed by atoms with Crippen LogP contribution in [0.1, 0.15) is 171 Å². The molecule has 0 saturated carbocycles. The minimum Gasteiger partial charge on any atom is -0.513 e. The number of hydrogen-bond donors (Lipinski definition) is 1. The molecule has 12 aromatic rings. The van der Waals surface area contributed by atoms with Gasteiger partial charge in [-0.2, -0.15) is 0 Å². The zero-order valence-electron chi connectivity index (χ0n) is 79.8. The molecule has 146 heavy (non-hydrogen) atoms. The number of aryl methyl sites for hydroxylation is 4. The van der Waals surface area contributed by atoms with Crippen LogP contribution in [0.2, 0.25) is 0 Å². The van der Waals surface area contributed by atoms with Gasteiger partial charge in [-0.15, -0.1) is 0 Å². The summed E-state index contributed by atoms with van der Waals surface area (Å²) in [5.74, 6) is 7.52. The van der Waals surface area contributed by atoms with Crippen molar-refractivity contribution in [2.24, 2.45) is 4.99 Å². The molecule has 3 radical (unpaired) electrons. The predicted octanol–water partition coefficient (Wildman–Crippen LogP) is 26.6. The van der Waals surface area contributed by atoms with Crippen LogP contribution in [0.3, 0.4) is 0 Å². The summed E-state index contributed by atoms with van der Waals surface area (Å²) in [5, 5.41) is 3.13. The Morgan fingerprint density at radius 1 is 0.432 bits per heavy atom. The van der Waals surface area contributed by atoms with Gasteiger partial charge in [0, 0.05) is 90.6 Å². The maximum atomic E-state index is 12.9. The van der Waals surface area contributed by atoms with Crippen LogP contribution >= 0.6 is 107 Å². The van der Waals surface area contributed by atoms with Crippen molar-refractivity contribution in [1.29, 1.82) is 0 Å². The summed E-state index contributed by atoms with van der Waals surface area (Å²) in [5.41, 5.74) is 29.7. The van der Waals surface area contributed by atoms with Crippen LogP contribution in [0.15, 0.2) is 192 Å². The van der Waals surface area contributed by atoms with E-state index in [9.17, 15) is 52.7 Å². The van der Waals surface area contributed by atoms with Crippen LogP contribution < -0.4 is 29.2 Å². The van der Waals surface area contributed by atoms with Crippen molar-refractivity contribution in [2.75, 3.05) is 37.2 Å². The molecule has 0 spiro atoms. The summed E-state index contributed by atoms with van der Waals surface area (Å²) >= 11 is 13.3. The molecule has 11 aromatic carbocycles. The molecule has 1 N–H and O–H groups in total. The minimum absolute atomic E-state index is 0. The van der Waals surface area contributed by atoms with Gasteiger partial charge in [-0.05, 0) is 287 Å². The Morgan fingerprint density at radius 2 is 0.836 bits per heavy atom. The third-order valence-electron chi connectivity index (χ3n) is 25.8. The number of ketones is 8. The number of carbonyl (C=O) groups excluding carboxylic acids is 11. The van der Waals surface area contributed by atoms with E-state index in [1.807, 2.05) is 85.1 Å². The predicted molar refractivity (Wildman–Crippen MR) is 584 cm³/mol. The first kappa shape index (κ1) is 115. The summed E-state index contributed by atoms with van der Waals surface area (Å²) in [4.78, 5) is 145. The first-order chi connectivity index (χ1) is 67.9. The Morgan fingerprint density at radius 3 is 1.27 bits per heavy atom. The third kappa shape index (κ3) is 24.8. The molecule has 22 rings (SSSR count). The summed E-state index contributed by atoms with van der Waals surface area (Å²) < 4.78 is 44.9. The number of benzene rings is 11. The smallest absolute Gasteiger partial charge is 0.513 e. The fraction of sp³-hybridized carbons (Fsp3) is 0.214. The van der Waals surface area contributed by atoms with Gasteiger partial charge in [0.2, 0.25) is 5.78 Å². The Labute approximate surface area is 925 Å². The normalized spacial score (nSPS) is 15.7. The van der Waals surface area contributed by atoms with Gasteiger partial charge >= 0.3 is 72.8 Å². The number of rotatable bonds is 20. The SMILES string of the molecule is O=C(CBr)c1ccc2c(c1)COc1cc3c(cc1-2)CCC(Br)C3=O.O=C(CBr)c1ccc2c(c1)COc1cc3c(cc1-2)CCCC3=O.[CH-]=CPC(=O)OCC(=O)c1ccc2c(c1)COc1cc3c(cc1-2)CCC(Br)C3=O.[CH-]=CPC(=O)OCC(=O)c1ccc2c(c1)COc1cc3c(cc1-2)CCC(OC(=O)PC)C3=O.[CH-]=CPc1ncc(-c2ccc3c(c2)COc2cc4c5c(ccc4cc2-3)N=C(PC)C5)[nH]1.[CH3-].[CH3-].[CH3-].[V+2].[V+2].[V+2]. The van der Waals surface area contributed by atoms with Crippen molar-refractivity contribution in [2.45, 2.75) is 113 Å². The quantitative estimate of drug-likeness (QED) is 0.0244. The zero-order valence-corrected chi connectivity index (χ0v) is 95.3. The minimum atomic E-state index is -0.752. The van der Waals surface area contributed by atoms with Gasteiger partial charge in [0.25, 0.3) is 0 Å². The van der Waals surface area contributed by atoms with E-state index in [4.69, 9.17) is 62.6 Å².